The number of methoxy groups -OCH3 is 1. The number of aryl methyl sites for hydroxylation is 1. The molecule has 2 rings (SSSR count). The van der Waals surface area contributed by atoms with Gasteiger partial charge in [-0.2, -0.15) is 5.48 Å². The Labute approximate surface area is 90.3 Å². The van der Waals surface area contributed by atoms with Gasteiger partial charge in [-0.3, -0.25) is 0 Å². The van der Waals surface area contributed by atoms with Gasteiger partial charge in [0.15, 0.2) is 0 Å². The zero-order chi connectivity index (χ0) is 10.7. The van der Waals surface area contributed by atoms with E-state index in [0.29, 0.717) is 6.54 Å². The summed E-state index contributed by atoms with van der Waals surface area (Å²) in [6, 6.07) is 4.33. The predicted molar refractivity (Wildman–Crippen MR) is 58.9 cm³/mol. The molecule has 0 fully saturated rings. The molecule has 1 aliphatic rings. The van der Waals surface area contributed by atoms with Crippen molar-refractivity contribution < 1.29 is 9.57 Å². The van der Waals surface area contributed by atoms with Gasteiger partial charge >= 0.3 is 0 Å². The second-order valence-corrected chi connectivity index (χ2v) is 3.77. The number of hydrogen-bond donors (Lipinski definition) is 1. The van der Waals surface area contributed by atoms with E-state index >= 15 is 0 Å². The monoisotopic (exact) mass is 207 g/mol. The zero-order valence-electron chi connectivity index (χ0n) is 9.30. The van der Waals surface area contributed by atoms with Crippen LogP contribution in [-0.4, -0.2) is 14.2 Å². The van der Waals surface area contributed by atoms with Crippen molar-refractivity contribution >= 4 is 0 Å². The van der Waals surface area contributed by atoms with E-state index in [0.717, 1.165) is 12.2 Å². The molecule has 0 heterocycles. The van der Waals surface area contributed by atoms with Crippen LogP contribution in [0.1, 0.15) is 23.1 Å². The van der Waals surface area contributed by atoms with E-state index in [2.05, 4.69) is 17.6 Å². The van der Waals surface area contributed by atoms with Crippen LogP contribution >= 0.6 is 0 Å². The highest BCUT2D eigenvalue weighted by Gasteiger charge is 2.18. The van der Waals surface area contributed by atoms with E-state index in [4.69, 9.17) is 9.57 Å². The lowest BCUT2D eigenvalue weighted by atomic mass is 10.0. The van der Waals surface area contributed by atoms with Crippen molar-refractivity contribution in [2.24, 2.45) is 0 Å². The number of ether oxygens (including phenoxy) is 1. The molecule has 15 heavy (non-hydrogen) atoms. The lowest BCUT2D eigenvalue weighted by Gasteiger charge is -2.13. The summed E-state index contributed by atoms with van der Waals surface area (Å²) in [4.78, 5) is 4.86. The highest BCUT2D eigenvalue weighted by molar-refractivity contribution is 5.48. The fourth-order valence-electron chi connectivity index (χ4n) is 2.22. The van der Waals surface area contributed by atoms with Crippen molar-refractivity contribution in [2.45, 2.75) is 25.8 Å². The van der Waals surface area contributed by atoms with Gasteiger partial charge in [0.25, 0.3) is 0 Å². The molecule has 0 atom stereocenters. The standard InChI is InChI=1S/C12H17NO2/c1-14-12-10(8-13-15-2)7-6-9-4-3-5-11(9)12/h6-7,13H,3-5,8H2,1-2H3. The number of rotatable bonds is 4. The van der Waals surface area contributed by atoms with Crippen molar-refractivity contribution in [1.29, 1.82) is 0 Å². The first-order valence-electron chi connectivity index (χ1n) is 5.30. The highest BCUT2D eigenvalue weighted by Crippen LogP contribution is 2.33. The molecule has 0 unspecified atom stereocenters. The molecule has 82 valence electrons. The van der Waals surface area contributed by atoms with Gasteiger partial charge in [-0.25, -0.2) is 0 Å². The summed E-state index contributed by atoms with van der Waals surface area (Å²) in [5, 5.41) is 0. The van der Waals surface area contributed by atoms with E-state index in [-0.39, 0.29) is 0 Å². The fourth-order valence-corrected chi connectivity index (χ4v) is 2.22. The topological polar surface area (TPSA) is 30.5 Å². The molecular formula is C12H17NO2. The molecule has 0 spiro atoms. The fraction of sp³-hybridized carbons (Fsp3) is 0.500. The second kappa shape index (κ2) is 4.64. The highest BCUT2D eigenvalue weighted by atomic mass is 16.6. The van der Waals surface area contributed by atoms with Gasteiger partial charge in [0.1, 0.15) is 5.75 Å². The van der Waals surface area contributed by atoms with Gasteiger partial charge in [-0.15, -0.1) is 0 Å². The van der Waals surface area contributed by atoms with Crippen LogP contribution in [0, 0.1) is 0 Å². The third-order valence-electron chi connectivity index (χ3n) is 2.92. The third-order valence-corrected chi connectivity index (χ3v) is 2.92. The van der Waals surface area contributed by atoms with E-state index in [1.54, 1.807) is 14.2 Å². The lowest BCUT2D eigenvalue weighted by molar-refractivity contribution is 0.0861. The molecule has 0 radical (unpaired) electrons. The molecule has 0 aliphatic heterocycles. The van der Waals surface area contributed by atoms with Crippen molar-refractivity contribution in [3.8, 4) is 5.75 Å². The lowest BCUT2D eigenvalue weighted by Crippen LogP contribution is -2.12. The Morgan fingerprint density at radius 2 is 2.13 bits per heavy atom. The second-order valence-electron chi connectivity index (χ2n) is 3.77. The van der Waals surface area contributed by atoms with Gasteiger partial charge in [0.05, 0.1) is 14.2 Å². The van der Waals surface area contributed by atoms with Crippen molar-refractivity contribution in [1.82, 2.24) is 5.48 Å². The summed E-state index contributed by atoms with van der Waals surface area (Å²) in [6.45, 7) is 0.687. The molecule has 0 saturated heterocycles. The van der Waals surface area contributed by atoms with Crippen LogP contribution in [0.3, 0.4) is 0 Å². The number of nitrogens with one attached hydrogen (secondary N) is 1. The summed E-state index contributed by atoms with van der Waals surface area (Å²) in [6.07, 6.45) is 3.57. The smallest absolute Gasteiger partial charge is 0.126 e. The van der Waals surface area contributed by atoms with E-state index in [1.807, 2.05) is 0 Å². The van der Waals surface area contributed by atoms with Crippen LogP contribution < -0.4 is 10.2 Å². The van der Waals surface area contributed by atoms with Gasteiger partial charge < -0.3 is 9.57 Å². The van der Waals surface area contributed by atoms with E-state index in [1.165, 1.54) is 29.5 Å². The number of benzene rings is 1. The van der Waals surface area contributed by atoms with Crippen LogP contribution in [0.25, 0.3) is 0 Å². The molecule has 3 nitrogen and oxygen atoms in total. The minimum absolute atomic E-state index is 0.687. The minimum atomic E-state index is 0.687. The van der Waals surface area contributed by atoms with Gasteiger partial charge in [-0.05, 0) is 30.4 Å². The Morgan fingerprint density at radius 3 is 2.87 bits per heavy atom. The first kappa shape index (κ1) is 10.5. The average molecular weight is 207 g/mol. The Bertz CT molecular complexity index is 350. The Hall–Kier alpha value is -1.06. The molecule has 1 aliphatic carbocycles. The quantitative estimate of drug-likeness (QED) is 0.764. The number of hydrogen-bond acceptors (Lipinski definition) is 3. The minimum Gasteiger partial charge on any atom is -0.496 e. The number of fused-ring (bicyclic) bond motifs is 1. The van der Waals surface area contributed by atoms with Crippen LogP contribution in [0.5, 0.6) is 5.75 Å². The summed E-state index contributed by atoms with van der Waals surface area (Å²) in [5.74, 6) is 1.04. The van der Waals surface area contributed by atoms with Crippen molar-refractivity contribution in [3.63, 3.8) is 0 Å². The van der Waals surface area contributed by atoms with Crippen molar-refractivity contribution in [3.05, 3.63) is 28.8 Å². The van der Waals surface area contributed by atoms with Crippen molar-refractivity contribution in [2.75, 3.05) is 14.2 Å². The van der Waals surface area contributed by atoms with E-state index in [9.17, 15) is 0 Å². The Morgan fingerprint density at radius 1 is 1.27 bits per heavy atom. The maximum absolute atomic E-state index is 5.49. The maximum atomic E-state index is 5.49. The Balaban J connectivity index is 2.30. The molecule has 0 amide bonds. The molecule has 1 aromatic carbocycles. The predicted octanol–water partition coefficient (Wildman–Crippen LogP) is 1.83. The third kappa shape index (κ3) is 1.98. The summed E-state index contributed by atoms with van der Waals surface area (Å²) in [7, 11) is 3.37. The first-order chi connectivity index (χ1) is 7.36. The van der Waals surface area contributed by atoms with Gasteiger partial charge in [0, 0.05) is 12.1 Å². The van der Waals surface area contributed by atoms with E-state index < -0.39 is 0 Å². The summed E-state index contributed by atoms with van der Waals surface area (Å²) >= 11 is 0. The van der Waals surface area contributed by atoms with Crippen LogP contribution in [0.15, 0.2) is 12.1 Å². The van der Waals surface area contributed by atoms with Crippen LogP contribution in [-0.2, 0) is 24.2 Å². The maximum Gasteiger partial charge on any atom is 0.126 e. The SMILES string of the molecule is CONCc1ccc2c(c1OC)CCC2. The normalized spacial score (nSPS) is 14.0. The molecule has 1 aromatic rings. The molecule has 3 heteroatoms. The molecule has 0 aromatic heterocycles. The van der Waals surface area contributed by atoms with Gasteiger partial charge in [0.2, 0.25) is 0 Å². The molecule has 1 N–H and O–H groups in total. The zero-order valence-corrected chi connectivity index (χ0v) is 9.30. The summed E-state index contributed by atoms with van der Waals surface area (Å²) in [5.41, 5.74) is 6.84. The molecule has 0 saturated carbocycles. The largest absolute Gasteiger partial charge is 0.496 e. The number of hydroxylamine groups is 1. The summed E-state index contributed by atoms with van der Waals surface area (Å²) < 4.78 is 5.49. The molecular weight excluding hydrogens is 190 g/mol. The van der Waals surface area contributed by atoms with Gasteiger partial charge in [-0.1, -0.05) is 12.1 Å². The molecule has 0 bridgehead atoms. The van der Waals surface area contributed by atoms with Crippen LogP contribution in [0.4, 0.5) is 0 Å². The average Bonchev–Trinajstić information content (AvgIpc) is 2.73. The van der Waals surface area contributed by atoms with Crippen LogP contribution in [0.2, 0.25) is 0 Å². The first-order valence-corrected chi connectivity index (χ1v) is 5.30. The Kier molecular flexibility index (Phi) is 3.23.